The molecular weight excluding hydrogens is 295 g/mol. The molecule has 0 aliphatic heterocycles. The number of carbonyl (C=O) groups excluding carboxylic acids is 1. The maximum Gasteiger partial charge on any atom is 0.262 e. The van der Waals surface area contributed by atoms with Crippen molar-refractivity contribution in [3.05, 3.63) is 58.9 Å². The van der Waals surface area contributed by atoms with Crippen molar-refractivity contribution in [2.24, 2.45) is 5.73 Å². The van der Waals surface area contributed by atoms with Gasteiger partial charge in [-0.1, -0.05) is 17.7 Å². The fourth-order valence-corrected chi connectivity index (χ4v) is 1.95. The van der Waals surface area contributed by atoms with Gasteiger partial charge >= 0.3 is 0 Å². The lowest BCUT2D eigenvalue weighted by Crippen LogP contribution is -2.20. The molecule has 0 aromatic heterocycles. The van der Waals surface area contributed by atoms with E-state index in [0.717, 1.165) is 0 Å². The number of nitrogens with one attached hydrogen (secondary N) is 1. The number of nitrogens with two attached hydrogens (primary N) is 1. The van der Waals surface area contributed by atoms with Gasteiger partial charge in [-0.25, -0.2) is 4.39 Å². The minimum atomic E-state index is -0.420. The second-order valence-corrected chi connectivity index (χ2v) is 4.74. The van der Waals surface area contributed by atoms with Crippen LogP contribution < -0.4 is 15.8 Å². The number of benzene rings is 2. The molecule has 0 heterocycles. The quantitative estimate of drug-likeness (QED) is 0.892. The van der Waals surface area contributed by atoms with Crippen LogP contribution in [0.3, 0.4) is 0 Å². The predicted molar refractivity (Wildman–Crippen MR) is 79.9 cm³/mol. The summed E-state index contributed by atoms with van der Waals surface area (Å²) in [6.07, 6.45) is 0. The van der Waals surface area contributed by atoms with E-state index in [-0.39, 0.29) is 13.2 Å². The van der Waals surface area contributed by atoms with Crippen LogP contribution in [-0.2, 0) is 11.3 Å². The molecule has 2 aromatic carbocycles. The molecule has 2 rings (SSSR count). The molecule has 0 unspecified atom stereocenters. The number of carbonyl (C=O) groups is 1. The van der Waals surface area contributed by atoms with Crippen molar-refractivity contribution in [3.8, 4) is 5.75 Å². The topological polar surface area (TPSA) is 64.3 Å². The highest BCUT2D eigenvalue weighted by atomic mass is 35.5. The predicted octanol–water partition coefficient (Wildman–Crippen LogP) is 2.96. The van der Waals surface area contributed by atoms with Crippen molar-refractivity contribution >= 4 is 23.2 Å². The molecule has 0 fully saturated rings. The first-order valence-corrected chi connectivity index (χ1v) is 6.63. The average Bonchev–Trinajstić information content (AvgIpc) is 2.45. The second kappa shape index (κ2) is 7.06. The summed E-state index contributed by atoms with van der Waals surface area (Å²) in [6, 6.07) is 10.6. The normalized spacial score (nSPS) is 10.2. The molecule has 4 nitrogen and oxygen atoms in total. The minimum Gasteiger partial charge on any atom is -0.483 e. The van der Waals surface area contributed by atoms with Gasteiger partial charge in [0.2, 0.25) is 0 Å². The summed E-state index contributed by atoms with van der Waals surface area (Å²) in [6.45, 7) is 0.0482. The summed E-state index contributed by atoms with van der Waals surface area (Å²) in [4.78, 5) is 11.7. The van der Waals surface area contributed by atoms with Crippen LogP contribution in [0.4, 0.5) is 10.1 Å². The highest BCUT2D eigenvalue weighted by Crippen LogP contribution is 2.22. The number of amides is 1. The Labute approximate surface area is 126 Å². The van der Waals surface area contributed by atoms with Gasteiger partial charge in [0.25, 0.3) is 5.91 Å². The molecule has 0 atom stereocenters. The summed E-state index contributed by atoms with van der Waals surface area (Å²) in [5.74, 6) is -0.313. The van der Waals surface area contributed by atoms with Crippen LogP contribution in [0, 0.1) is 5.82 Å². The maximum atomic E-state index is 13.0. The molecule has 2 aromatic rings. The van der Waals surface area contributed by atoms with Gasteiger partial charge in [-0.15, -0.1) is 0 Å². The van der Waals surface area contributed by atoms with Crippen LogP contribution in [0.1, 0.15) is 5.56 Å². The fraction of sp³-hybridized carbons (Fsp3) is 0.133. The maximum absolute atomic E-state index is 13.0. The van der Waals surface area contributed by atoms with E-state index in [9.17, 15) is 9.18 Å². The van der Waals surface area contributed by atoms with Crippen LogP contribution >= 0.6 is 11.6 Å². The van der Waals surface area contributed by atoms with Crippen LogP contribution in [0.5, 0.6) is 5.75 Å². The molecule has 0 spiro atoms. The van der Waals surface area contributed by atoms with Gasteiger partial charge in [0.05, 0.1) is 0 Å². The zero-order valence-electron chi connectivity index (χ0n) is 11.1. The number of rotatable bonds is 5. The lowest BCUT2D eigenvalue weighted by atomic mass is 10.2. The van der Waals surface area contributed by atoms with Crippen LogP contribution in [-0.4, -0.2) is 12.5 Å². The smallest absolute Gasteiger partial charge is 0.262 e. The van der Waals surface area contributed by atoms with Gasteiger partial charge in [-0.3, -0.25) is 4.79 Å². The van der Waals surface area contributed by atoms with Gasteiger partial charge in [-0.2, -0.15) is 0 Å². The third-order valence-corrected chi connectivity index (χ3v) is 2.94. The van der Waals surface area contributed by atoms with E-state index >= 15 is 0 Å². The van der Waals surface area contributed by atoms with Crippen LogP contribution in [0.2, 0.25) is 5.02 Å². The molecule has 0 saturated carbocycles. The Hall–Kier alpha value is -2.11. The van der Waals surface area contributed by atoms with Crippen LogP contribution in [0.25, 0.3) is 0 Å². The van der Waals surface area contributed by atoms with Gasteiger partial charge < -0.3 is 15.8 Å². The molecule has 0 aliphatic rings. The Balaban J connectivity index is 1.95. The number of ether oxygens (including phenoxy) is 1. The molecule has 1 amide bonds. The van der Waals surface area contributed by atoms with Crippen molar-refractivity contribution in [2.45, 2.75) is 6.54 Å². The number of hydrogen-bond donors (Lipinski definition) is 2. The Morgan fingerprint density at radius 2 is 2.10 bits per heavy atom. The monoisotopic (exact) mass is 308 g/mol. The van der Waals surface area contributed by atoms with E-state index < -0.39 is 11.7 Å². The zero-order valence-corrected chi connectivity index (χ0v) is 11.9. The lowest BCUT2D eigenvalue weighted by molar-refractivity contribution is -0.118. The minimum absolute atomic E-state index is 0.203. The third kappa shape index (κ3) is 4.44. The van der Waals surface area contributed by atoms with Gasteiger partial charge in [-0.05, 0) is 36.4 Å². The van der Waals surface area contributed by atoms with Gasteiger partial charge in [0, 0.05) is 22.8 Å². The van der Waals surface area contributed by atoms with Gasteiger partial charge in [0.15, 0.2) is 6.61 Å². The van der Waals surface area contributed by atoms with E-state index in [1.807, 2.05) is 0 Å². The first-order valence-electron chi connectivity index (χ1n) is 6.25. The van der Waals surface area contributed by atoms with E-state index in [2.05, 4.69) is 5.32 Å². The van der Waals surface area contributed by atoms with E-state index in [1.165, 1.54) is 18.2 Å². The van der Waals surface area contributed by atoms with Gasteiger partial charge in [0.1, 0.15) is 11.6 Å². The molecule has 0 bridgehead atoms. The Kier molecular flexibility index (Phi) is 5.14. The zero-order chi connectivity index (χ0) is 15.2. The fourth-order valence-electron chi connectivity index (χ4n) is 1.75. The molecule has 0 radical (unpaired) electrons. The van der Waals surface area contributed by atoms with Crippen molar-refractivity contribution in [2.75, 3.05) is 11.9 Å². The van der Waals surface area contributed by atoms with E-state index in [4.69, 9.17) is 22.1 Å². The standard InChI is InChI=1S/C15H14ClFN2O2/c16-11-4-5-14(10(6-11)8-18)21-9-15(20)19-13-3-1-2-12(17)7-13/h1-7H,8-9,18H2,(H,19,20). The number of anilines is 1. The summed E-state index contributed by atoms with van der Waals surface area (Å²) in [7, 11) is 0. The average molecular weight is 309 g/mol. The molecule has 6 heteroatoms. The highest BCUT2D eigenvalue weighted by Gasteiger charge is 2.07. The Morgan fingerprint density at radius 1 is 1.29 bits per heavy atom. The molecule has 21 heavy (non-hydrogen) atoms. The first-order chi connectivity index (χ1) is 10.1. The van der Waals surface area contributed by atoms with Crippen molar-refractivity contribution in [3.63, 3.8) is 0 Å². The second-order valence-electron chi connectivity index (χ2n) is 4.30. The van der Waals surface area contributed by atoms with Crippen molar-refractivity contribution in [1.82, 2.24) is 0 Å². The summed E-state index contributed by atoms with van der Waals surface area (Å²) >= 11 is 5.85. The Morgan fingerprint density at radius 3 is 2.81 bits per heavy atom. The SMILES string of the molecule is NCc1cc(Cl)ccc1OCC(=O)Nc1cccc(F)c1. The molecule has 110 valence electrons. The van der Waals surface area contributed by atoms with Crippen molar-refractivity contribution in [1.29, 1.82) is 0 Å². The highest BCUT2D eigenvalue weighted by molar-refractivity contribution is 6.30. The summed E-state index contributed by atoms with van der Waals surface area (Å²) in [5.41, 5.74) is 6.67. The summed E-state index contributed by atoms with van der Waals surface area (Å²) < 4.78 is 18.4. The molecular formula is C15H14ClFN2O2. The van der Waals surface area contributed by atoms with Crippen molar-refractivity contribution < 1.29 is 13.9 Å². The largest absolute Gasteiger partial charge is 0.483 e. The first kappa shape index (κ1) is 15.3. The summed E-state index contributed by atoms with van der Waals surface area (Å²) in [5, 5.41) is 3.09. The molecule has 0 saturated heterocycles. The number of hydrogen-bond acceptors (Lipinski definition) is 3. The van der Waals surface area contributed by atoms with E-state index in [1.54, 1.807) is 24.3 Å². The molecule has 3 N–H and O–H groups in total. The lowest BCUT2D eigenvalue weighted by Gasteiger charge is -2.11. The third-order valence-electron chi connectivity index (χ3n) is 2.71. The van der Waals surface area contributed by atoms with Crippen LogP contribution in [0.15, 0.2) is 42.5 Å². The van der Waals surface area contributed by atoms with E-state index in [0.29, 0.717) is 22.0 Å². The Bertz CT molecular complexity index is 649. The molecule has 0 aliphatic carbocycles. The number of halogens is 2.